The van der Waals surface area contributed by atoms with Gasteiger partial charge in [-0.2, -0.15) is 5.10 Å². The van der Waals surface area contributed by atoms with Crippen LogP contribution in [0.5, 0.6) is 0 Å². The van der Waals surface area contributed by atoms with Gasteiger partial charge in [-0.3, -0.25) is 9.78 Å². The minimum absolute atomic E-state index is 0. The molecule has 0 saturated carbocycles. The molecule has 0 radical (unpaired) electrons. The SMILES string of the molecule is CC(C)CC(CN)NC(=O)c1cc(-n2cccn2)ccn1.Cl.Cl. The number of nitrogens with zero attached hydrogens (tertiary/aromatic N) is 3. The molecule has 0 bridgehead atoms. The van der Waals surface area contributed by atoms with Crippen LogP contribution in [0.1, 0.15) is 30.8 Å². The quantitative estimate of drug-likeness (QED) is 0.827. The second-order valence-corrected chi connectivity index (χ2v) is 5.39. The van der Waals surface area contributed by atoms with Crippen LogP contribution in [-0.4, -0.2) is 33.3 Å². The number of halogens is 2. The summed E-state index contributed by atoms with van der Waals surface area (Å²) in [4.78, 5) is 16.4. The fourth-order valence-electron chi connectivity index (χ4n) is 2.15. The van der Waals surface area contributed by atoms with Gasteiger partial charge >= 0.3 is 0 Å². The van der Waals surface area contributed by atoms with Crippen molar-refractivity contribution in [3.8, 4) is 5.69 Å². The van der Waals surface area contributed by atoms with Gasteiger partial charge in [-0.15, -0.1) is 24.8 Å². The number of nitrogens with two attached hydrogens (primary N) is 1. The maximum atomic E-state index is 12.3. The predicted molar refractivity (Wildman–Crippen MR) is 95.6 cm³/mol. The molecule has 128 valence electrons. The highest BCUT2D eigenvalue weighted by molar-refractivity contribution is 5.92. The normalized spacial score (nSPS) is 11.3. The molecule has 0 fully saturated rings. The Balaban J connectivity index is 0.00000242. The largest absolute Gasteiger partial charge is 0.347 e. The van der Waals surface area contributed by atoms with E-state index in [1.54, 1.807) is 29.2 Å². The number of pyridine rings is 1. The molecule has 0 saturated heterocycles. The minimum Gasteiger partial charge on any atom is -0.347 e. The van der Waals surface area contributed by atoms with Gasteiger partial charge in [0.15, 0.2) is 0 Å². The molecule has 2 heterocycles. The molecular formula is C15H23Cl2N5O. The Morgan fingerprint density at radius 1 is 1.35 bits per heavy atom. The highest BCUT2D eigenvalue weighted by atomic mass is 35.5. The summed E-state index contributed by atoms with van der Waals surface area (Å²) in [5.41, 5.74) is 6.87. The minimum atomic E-state index is -0.208. The number of rotatable bonds is 6. The van der Waals surface area contributed by atoms with Crippen molar-refractivity contribution in [3.63, 3.8) is 0 Å². The van der Waals surface area contributed by atoms with Crippen LogP contribution in [0.4, 0.5) is 0 Å². The van der Waals surface area contributed by atoms with Crippen LogP contribution in [0.25, 0.3) is 5.69 Å². The lowest BCUT2D eigenvalue weighted by atomic mass is 10.0. The molecule has 0 spiro atoms. The fourth-order valence-corrected chi connectivity index (χ4v) is 2.15. The van der Waals surface area contributed by atoms with Crippen molar-refractivity contribution in [3.05, 3.63) is 42.5 Å². The molecule has 23 heavy (non-hydrogen) atoms. The molecular weight excluding hydrogens is 337 g/mol. The van der Waals surface area contributed by atoms with E-state index in [-0.39, 0.29) is 36.8 Å². The number of amides is 1. The van der Waals surface area contributed by atoms with Gasteiger partial charge in [0.05, 0.1) is 5.69 Å². The maximum Gasteiger partial charge on any atom is 0.270 e. The van der Waals surface area contributed by atoms with E-state index in [1.165, 1.54) is 0 Å². The molecule has 1 unspecified atom stereocenters. The molecule has 0 aliphatic heterocycles. The molecule has 3 N–H and O–H groups in total. The number of carbonyl (C=O) groups is 1. The van der Waals surface area contributed by atoms with Crippen LogP contribution in [-0.2, 0) is 0 Å². The van der Waals surface area contributed by atoms with E-state index in [9.17, 15) is 4.79 Å². The van der Waals surface area contributed by atoms with E-state index < -0.39 is 0 Å². The third-order valence-corrected chi connectivity index (χ3v) is 3.12. The van der Waals surface area contributed by atoms with Gasteiger partial charge in [0.2, 0.25) is 0 Å². The number of aromatic nitrogens is 3. The second-order valence-electron chi connectivity index (χ2n) is 5.39. The number of nitrogens with one attached hydrogen (secondary N) is 1. The lowest BCUT2D eigenvalue weighted by molar-refractivity contribution is 0.0928. The summed E-state index contributed by atoms with van der Waals surface area (Å²) < 4.78 is 1.69. The summed E-state index contributed by atoms with van der Waals surface area (Å²) in [7, 11) is 0. The molecule has 8 heteroatoms. The van der Waals surface area contributed by atoms with Gasteiger partial charge in [0, 0.05) is 31.2 Å². The summed E-state index contributed by atoms with van der Waals surface area (Å²) >= 11 is 0. The Morgan fingerprint density at radius 3 is 2.65 bits per heavy atom. The van der Waals surface area contributed by atoms with Gasteiger partial charge in [-0.1, -0.05) is 13.8 Å². The van der Waals surface area contributed by atoms with E-state index in [0.29, 0.717) is 18.2 Å². The van der Waals surface area contributed by atoms with Crippen LogP contribution in [0.3, 0.4) is 0 Å². The summed E-state index contributed by atoms with van der Waals surface area (Å²) in [6, 6.07) is 5.31. The van der Waals surface area contributed by atoms with E-state index in [4.69, 9.17) is 5.73 Å². The second kappa shape index (κ2) is 10.2. The summed E-state index contributed by atoms with van der Waals surface area (Å²) in [5.74, 6) is 0.266. The Kier molecular flexibility index (Phi) is 9.48. The lowest BCUT2D eigenvalue weighted by Crippen LogP contribution is -2.41. The van der Waals surface area contributed by atoms with Crippen LogP contribution in [0.15, 0.2) is 36.8 Å². The lowest BCUT2D eigenvalue weighted by Gasteiger charge is -2.18. The smallest absolute Gasteiger partial charge is 0.270 e. The first-order valence-corrected chi connectivity index (χ1v) is 7.07. The molecule has 2 rings (SSSR count). The van der Waals surface area contributed by atoms with Gasteiger partial charge in [-0.05, 0) is 30.5 Å². The van der Waals surface area contributed by atoms with E-state index >= 15 is 0 Å². The van der Waals surface area contributed by atoms with Gasteiger partial charge < -0.3 is 11.1 Å². The maximum absolute atomic E-state index is 12.3. The first-order chi connectivity index (χ1) is 10.1. The van der Waals surface area contributed by atoms with Crippen LogP contribution >= 0.6 is 24.8 Å². The first-order valence-electron chi connectivity index (χ1n) is 7.07. The van der Waals surface area contributed by atoms with E-state index in [0.717, 1.165) is 12.1 Å². The molecule has 1 amide bonds. The van der Waals surface area contributed by atoms with Crippen LogP contribution in [0, 0.1) is 5.92 Å². The number of hydrogen-bond acceptors (Lipinski definition) is 4. The van der Waals surface area contributed by atoms with Crippen molar-refractivity contribution in [2.75, 3.05) is 6.54 Å². The van der Waals surface area contributed by atoms with Gasteiger partial charge in [-0.25, -0.2) is 4.68 Å². The third-order valence-electron chi connectivity index (χ3n) is 3.12. The van der Waals surface area contributed by atoms with Crippen molar-refractivity contribution in [1.82, 2.24) is 20.1 Å². The van der Waals surface area contributed by atoms with Crippen LogP contribution < -0.4 is 11.1 Å². The Morgan fingerprint density at radius 2 is 2.09 bits per heavy atom. The van der Waals surface area contributed by atoms with Crippen molar-refractivity contribution in [2.45, 2.75) is 26.3 Å². The zero-order chi connectivity index (χ0) is 15.2. The average Bonchev–Trinajstić information content (AvgIpc) is 3.00. The van der Waals surface area contributed by atoms with Crippen molar-refractivity contribution < 1.29 is 4.79 Å². The van der Waals surface area contributed by atoms with Crippen LogP contribution in [0.2, 0.25) is 0 Å². The molecule has 0 aliphatic carbocycles. The zero-order valence-corrected chi connectivity index (χ0v) is 14.8. The molecule has 2 aromatic rings. The number of hydrogen-bond donors (Lipinski definition) is 2. The molecule has 0 aromatic carbocycles. The van der Waals surface area contributed by atoms with Crippen molar-refractivity contribution in [1.29, 1.82) is 0 Å². The first kappa shape index (κ1) is 21.4. The Hall–Kier alpha value is -1.63. The standard InChI is InChI=1S/C15H21N5O.2ClH/c1-11(2)8-12(10-16)19-15(21)14-9-13(4-6-17-14)20-7-3-5-18-20;;/h3-7,9,11-12H,8,10,16H2,1-2H3,(H,19,21);2*1H. The Labute approximate surface area is 148 Å². The van der Waals surface area contributed by atoms with E-state index in [1.807, 2.05) is 12.3 Å². The highest BCUT2D eigenvalue weighted by Crippen LogP contribution is 2.08. The van der Waals surface area contributed by atoms with Crippen molar-refractivity contribution >= 4 is 30.7 Å². The third kappa shape index (κ3) is 6.17. The molecule has 1 atom stereocenters. The summed E-state index contributed by atoms with van der Waals surface area (Å²) in [6.45, 7) is 4.62. The summed E-state index contributed by atoms with van der Waals surface area (Å²) in [6.07, 6.45) is 5.96. The zero-order valence-electron chi connectivity index (χ0n) is 13.2. The molecule has 0 aliphatic rings. The molecule has 2 aromatic heterocycles. The van der Waals surface area contributed by atoms with Gasteiger partial charge in [0.25, 0.3) is 5.91 Å². The topological polar surface area (TPSA) is 85.8 Å². The summed E-state index contributed by atoms with van der Waals surface area (Å²) in [5, 5.41) is 7.07. The highest BCUT2D eigenvalue weighted by Gasteiger charge is 2.15. The van der Waals surface area contributed by atoms with E-state index in [2.05, 4.69) is 29.2 Å². The fraction of sp³-hybridized carbons (Fsp3) is 0.400. The van der Waals surface area contributed by atoms with Crippen molar-refractivity contribution in [2.24, 2.45) is 11.7 Å². The predicted octanol–water partition coefficient (Wildman–Crippen LogP) is 2.21. The number of carbonyl (C=O) groups excluding carboxylic acids is 1. The van der Waals surface area contributed by atoms with Gasteiger partial charge in [0.1, 0.15) is 5.69 Å². The monoisotopic (exact) mass is 359 g/mol. The Bertz CT molecular complexity index is 589. The molecule has 6 nitrogen and oxygen atoms in total. The average molecular weight is 360 g/mol.